The lowest BCUT2D eigenvalue weighted by Gasteiger charge is -2.06. The number of nitrogens with zero attached hydrogens (tertiary/aromatic N) is 2. The van der Waals surface area contributed by atoms with E-state index in [1.807, 2.05) is 24.3 Å². The minimum Gasteiger partial charge on any atom is -0.267 e. The van der Waals surface area contributed by atoms with Gasteiger partial charge in [-0.2, -0.15) is 5.10 Å². The van der Waals surface area contributed by atoms with Crippen molar-refractivity contribution < 1.29 is 4.79 Å². The van der Waals surface area contributed by atoms with E-state index >= 15 is 0 Å². The molecule has 4 nitrogen and oxygen atoms in total. The largest absolute Gasteiger partial charge is 0.273 e. The number of hydrazone groups is 1. The minimum absolute atomic E-state index is 0.160. The Kier molecular flexibility index (Phi) is 4.43. The lowest BCUT2D eigenvalue weighted by Crippen LogP contribution is -2.19. The van der Waals surface area contributed by atoms with E-state index in [-0.39, 0.29) is 5.91 Å². The highest BCUT2D eigenvalue weighted by molar-refractivity contribution is 6.01. The minimum atomic E-state index is -0.160. The van der Waals surface area contributed by atoms with Gasteiger partial charge >= 0.3 is 0 Å². The molecule has 0 saturated heterocycles. The van der Waals surface area contributed by atoms with Gasteiger partial charge in [-0.1, -0.05) is 12.1 Å². The molecule has 1 N–H and O–H groups in total. The molecular weight excluding hydrogens is 262 g/mol. The van der Waals surface area contributed by atoms with Gasteiger partial charge in [-0.05, 0) is 63.5 Å². The highest BCUT2D eigenvalue weighted by Crippen LogP contribution is 2.23. The second kappa shape index (κ2) is 6.66. The molecule has 0 unspecified atom stereocenters. The number of hydrogen-bond donors (Lipinski definition) is 1. The van der Waals surface area contributed by atoms with Crippen LogP contribution in [0.3, 0.4) is 0 Å². The van der Waals surface area contributed by atoms with Gasteiger partial charge in [-0.25, -0.2) is 5.43 Å². The van der Waals surface area contributed by atoms with Gasteiger partial charge in [0.25, 0.3) is 5.91 Å². The van der Waals surface area contributed by atoms with Gasteiger partial charge in [-0.15, -0.1) is 0 Å². The fourth-order valence-electron chi connectivity index (χ4n) is 2.91. The molecule has 2 fully saturated rings. The third kappa shape index (κ3) is 3.57. The molecule has 0 radical (unpaired) electrons. The van der Waals surface area contributed by atoms with Crippen molar-refractivity contribution >= 4 is 23.0 Å². The molecule has 2 saturated carbocycles. The summed E-state index contributed by atoms with van der Waals surface area (Å²) in [6.45, 7) is 0. The molecule has 3 rings (SSSR count). The first-order valence-electron chi connectivity index (χ1n) is 7.84. The van der Waals surface area contributed by atoms with Gasteiger partial charge in [0, 0.05) is 11.4 Å². The molecule has 4 heteroatoms. The Balaban J connectivity index is 1.76. The summed E-state index contributed by atoms with van der Waals surface area (Å²) < 4.78 is 0. The van der Waals surface area contributed by atoms with Gasteiger partial charge in [0.15, 0.2) is 0 Å². The van der Waals surface area contributed by atoms with Gasteiger partial charge in [-0.3, -0.25) is 9.79 Å². The maximum atomic E-state index is 12.3. The molecule has 0 aliphatic heterocycles. The summed E-state index contributed by atoms with van der Waals surface area (Å²) in [6.07, 6.45) is 8.89. The van der Waals surface area contributed by atoms with E-state index in [0.29, 0.717) is 5.56 Å². The van der Waals surface area contributed by atoms with Crippen molar-refractivity contribution in [3.05, 3.63) is 29.8 Å². The monoisotopic (exact) mass is 283 g/mol. The Bertz CT molecular complexity index is 573. The fraction of sp³-hybridized carbons (Fsp3) is 0.471. The summed E-state index contributed by atoms with van der Waals surface area (Å²) in [5, 5.41) is 4.24. The van der Waals surface area contributed by atoms with E-state index in [1.165, 1.54) is 31.4 Å². The summed E-state index contributed by atoms with van der Waals surface area (Å²) in [4.78, 5) is 17.0. The summed E-state index contributed by atoms with van der Waals surface area (Å²) in [5.74, 6) is -0.160. The molecule has 2 aliphatic carbocycles. The average Bonchev–Trinajstić information content (AvgIpc) is 3.18. The Hall–Kier alpha value is -1.97. The van der Waals surface area contributed by atoms with Crippen LogP contribution in [0, 0.1) is 0 Å². The van der Waals surface area contributed by atoms with Crippen LogP contribution in [0.1, 0.15) is 61.7 Å². The highest BCUT2D eigenvalue weighted by atomic mass is 16.2. The van der Waals surface area contributed by atoms with Gasteiger partial charge in [0.05, 0.1) is 11.3 Å². The smallest absolute Gasteiger partial charge is 0.267 e. The molecule has 1 amide bonds. The molecule has 0 heterocycles. The van der Waals surface area contributed by atoms with Crippen molar-refractivity contribution in [3.63, 3.8) is 0 Å². The molecule has 1 aromatic rings. The lowest BCUT2D eigenvalue weighted by molar-refractivity contribution is 0.0955. The van der Waals surface area contributed by atoms with Crippen molar-refractivity contribution in [1.82, 2.24) is 5.43 Å². The van der Waals surface area contributed by atoms with Crippen molar-refractivity contribution in [2.75, 3.05) is 0 Å². The topological polar surface area (TPSA) is 53.8 Å². The molecule has 0 bridgehead atoms. The molecule has 0 spiro atoms. The molecule has 110 valence electrons. The zero-order chi connectivity index (χ0) is 14.5. The number of amides is 1. The van der Waals surface area contributed by atoms with Crippen molar-refractivity contribution in [1.29, 1.82) is 0 Å². The molecular formula is C17H21N3O. The normalized spacial score (nSPS) is 17.9. The van der Waals surface area contributed by atoms with Crippen molar-refractivity contribution in [2.45, 2.75) is 51.4 Å². The van der Waals surface area contributed by atoms with Crippen molar-refractivity contribution in [3.8, 4) is 0 Å². The summed E-state index contributed by atoms with van der Waals surface area (Å²) in [7, 11) is 0. The number of carbonyl (C=O) groups excluding carboxylic acids is 1. The zero-order valence-electron chi connectivity index (χ0n) is 12.3. The SMILES string of the molecule is O=C(NN=C1CCCC1)c1ccccc1N=C1CCCC1. The van der Waals surface area contributed by atoms with Crippen LogP contribution < -0.4 is 5.43 Å². The first-order chi connectivity index (χ1) is 10.3. The second-order valence-electron chi connectivity index (χ2n) is 5.73. The zero-order valence-corrected chi connectivity index (χ0v) is 12.3. The van der Waals surface area contributed by atoms with Crippen molar-refractivity contribution in [2.24, 2.45) is 10.1 Å². The van der Waals surface area contributed by atoms with E-state index in [1.54, 1.807) is 0 Å². The third-order valence-corrected chi connectivity index (χ3v) is 4.10. The molecule has 1 aromatic carbocycles. The van der Waals surface area contributed by atoms with Crippen LogP contribution in [0.4, 0.5) is 5.69 Å². The highest BCUT2D eigenvalue weighted by Gasteiger charge is 2.14. The summed E-state index contributed by atoms with van der Waals surface area (Å²) in [6, 6.07) is 7.52. The number of rotatable bonds is 3. The van der Waals surface area contributed by atoms with Crippen LogP contribution in [-0.4, -0.2) is 17.3 Å². The van der Waals surface area contributed by atoms with E-state index in [4.69, 9.17) is 0 Å². The quantitative estimate of drug-likeness (QED) is 0.838. The van der Waals surface area contributed by atoms with Gasteiger partial charge < -0.3 is 0 Å². The maximum Gasteiger partial charge on any atom is 0.273 e. The van der Waals surface area contributed by atoms with E-state index in [0.717, 1.165) is 37.1 Å². The molecule has 2 aliphatic rings. The van der Waals surface area contributed by atoms with Crippen LogP contribution >= 0.6 is 0 Å². The summed E-state index contributed by atoms with van der Waals surface area (Å²) in [5.41, 5.74) is 6.36. The van der Waals surface area contributed by atoms with Crippen LogP contribution in [0.2, 0.25) is 0 Å². The fourth-order valence-corrected chi connectivity index (χ4v) is 2.91. The molecule has 21 heavy (non-hydrogen) atoms. The van der Waals surface area contributed by atoms with Crippen LogP contribution in [0.15, 0.2) is 34.4 Å². The first-order valence-corrected chi connectivity index (χ1v) is 7.84. The van der Waals surface area contributed by atoms with E-state index in [9.17, 15) is 4.79 Å². The second-order valence-corrected chi connectivity index (χ2v) is 5.73. The predicted octanol–water partition coefficient (Wildman–Crippen LogP) is 3.99. The van der Waals surface area contributed by atoms with Gasteiger partial charge in [0.1, 0.15) is 0 Å². The number of nitrogens with one attached hydrogen (secondary N) is 1. The Morgan fingerprint density at radius 2 is 1.52 bits per heavy atom. The maximum absolute atomic E-state index is 12.3. The molecule has 0 aromatic heterocycles. The Labute approximate surface area is 125 Å². The Morgan fingerprint density at radius 1 is 0.905 bits per heavy atom. The van der Waals surface area contributed by atoms with Crippen LogP contribution in [0.25, 0.3) is 0 Å². The Morgan fingerprint density at radius 3 is 2.24 bits per heavy atom. The summed E-state index contributed by atoms with van der Waals surface area (Å²) >= 11 is 0. The van der Waals surface area contributed by atoms with E-state index in [2.05, 4.69) is 15.5 Å². The van der Waals surface area contributed by atoms with Crippen LogP contribution in [-0.2, 0) is 0 Å². The van der Waals surface area contributed by atoms with Crippen LogP contribution in [0.5, 0.6) is 0 Å². The molecule has 0 atom stereocenters. The number of carbonyl (C=O) groups is 1. The number of para-hydroxylation sites is 1. The lowest BCUT2D eigenvalue weighted by atomic mass is 10.1. The standard InChI is InChI=1S/C17H21N3O/c21-17(20-19-14-9-3-4-10-14)15-11-5-6-12-16(15)18-13-7-1-2-8-13/h5-6,11-12H,1-4,7-10H2,(H,20,21). The first kappa shape index (κ1) is 14.0. The number of aliphatic imine (C=N–C) groups is 1. The predicted molar refractivity (Wildman–Crippen MR) is 85.4 cm³/mol. The van der Waals surface area contributed by atoms with Gasteiger partial charge in [0.2, 0.25) is 0 Å². The number of benzene rings is 1. The third-order valence-electron chi connectivity index (χ3n) is 4.10. The number of hydrogen-bond acceptors (Lipinski definition) is 3. The average molecular weight is 283 g/mol. The van der Waals surface area contributed by atoms with E-state index < -0.39 is 0 Å².